The quantitative estimate of drug-likeness (QED) is 0.862. The summed E-state index contributed by atoms with van der Waals surface area (Å²) in [4.78, 5) is 24.0. The molecule has 1 N–H and O–H groups in total. The maximum Gasteiger partial charge on any atom is 0.250 e. The second-order valence-corrected chi connectivity index (χ2v) is 7.11. The molecule has 0 atom stereocenters. The highest BCUT2D eigenvalue weighted by atomic mass is 19.1. The molecule has 1 aliphatic rings. The van der Waals surface area contributed by atoms with Crippen molar-refractivity contribution in [3.05, 3.63) is 70.4 Å². The van der Waals surface area contributed by atoms with Crippen molar-refractivity contribution in [3.8, 4) is 0 Å². The average Bonchev–Trinajstić information content (AvgIpc) is 2.67. The van der Waals surface area contributed by atoms with Gasteiger partial charge >= 0.3 is 0 Å². The van der Waals surface area contributed by atoms with Gasteiger partial charge in [0.15, 0.2) is 0 Å². The number of benzene rings is 1. The van der Waals surface area contributed by atoms with Crippen LogP contribution < -0.4 is 10.9 Å². The summed E-state index contributed by atoms with van der Waals surface area (Å²) < 4.78 is 14.8. The van der Waals surface area contributed by atoms with Gasteiger partial charge in [-0.1, -0.05) is 37.5 Å². The zero-order valence-corrected chi connectivity index (χ0v) is 14.9. The minimum atomic E-state index is -0.239. The molecule has 0 saturated heterocycles. The van der Waals surface area contributed by atoms with E-state index in [9.17, 15) is 14.0 Å². The first kappa shape index (κ1) is 18.4. The van der Waals surface area contributed by atoms with Crippen molar-refractivity contribution in [1.82, 2.24) is 9.88 Å². The lowest BCUT2D eigenvalue weighted by Gasteiger charge is -2.38. The van der Waals surface area contributed by atoms with Gasteiger partial charge < -0.3 is 9.88 Å². The van der Waals surface area contributed by atoms with Gasteiger partial charge in [0, 0.05) is 37.2 Å². The molecule has 4 nitrogen and oxygen atoms in total. The monoisotopic (exact) mass is 356 g/mol. The molecule has 1 aliphatic carbocycles. The van der Waals surface area contributed by atoms with Gasteiger partial charge in [0.05, 0.1) is 0 Å². The Bertz CT molecular complexity index is 792. The second-order valence-electron chi connectivity index (χ2n) is 7.11. The van der Waals surface area contributed by atoms with Crippen LogP contribution in [0, 0.1) is 5.82 Å². The Kier molecular flexibility index (Phi) is 5.86. The molecule has 2 aromatic rings. The van der Waals surface area contributed by atoms with E-state index in [1.807, 2.05) is 12.1 Å². The fourth-order valence-corrected chi connectivity index (χ4v) is 3.82. The fourth-order valence-electron chi connectivity index (χ4n) is 3.82. The SMILES string of the molecule is O=C(CCn1ccccc1=O)NCC1(c2ccc(F)cc2)CCCCC1. The van der Waals surface area contributed by atoms with Gasteiger partial charge in [-0.25, -0.2) is 4.39 Å². The summed E-state index contributed by atoms with van der Waals surface area (Å²) in [5.41, 5.74) is 0.874. The zero-order valence-electron chi connectivity index (χ0n) is 14.9. The van der Waals surface area contributed by atoms with Crippen molar-refractivity contribution < 1.29 is 9.18 Å². The van der Waals surface area contributed by atoms with Crippen LogP contribution in [0.3, 0.4) is 0 Å². The zero-order chi connectivity index (χ0) is 18.4. The molecule has 1 aromatic carbocycles. The smallest absolute Gasteiger partial charge is 0.250 e. The summed E-state index contributed by atoms with van der Waals surface area (Å²) in [6, 6.07) is 11.6. The van der Waals surface area contributed by atoms with Crippen LogP contribution in [0.15, 0.2) is 53.5 Å². The van der Waals surface area contributed by atoms with E-state index in [1.54, 1.807) is 18.3 Å². The van der Waals surface area contributed by atoms with Gasteiger partial charge in [-0.05, 0) is 36.6 Å². The summed E-state index contributed by atoms with van der Waals surface area (Å²) >= 11 is 0. The second kappa shape index (κ2) is 8.30. The first-order valence-electron chi connectivity index (χ1n) is 9.27. The number of carbonyl (C=O) groups is 1. The van der Waals surface area contributed by atoms with E-state index in [1.165, 1.54) is 29.2 Å². The number of nitrogens with one attached hydrogen (secondary N) is 1. The molecule has 0 radical (unpaired) electrons. The maximum atomic E-state index is 13.3. The average molecular weight is 356 g/mol. The minimum absolute atomic E-state index is 0.0622. The van der Waals surface area contributed by atoms with Gasteiger partial charge in [-0.15, -0.1) is 0 Å². The first-order chi connectivity index (χ1) is 12.6. The van der Waals surface area contributed by atoms with E-state index in [0.29, 0.717) is 13.1 Å². The summed E-state index contributed by atoms with van der Waals surface area (Å²) in [5.74, 6) is -0.301. The maximum absolute atomic E-state index is 13.3. The van der Waals surface area contributed by atoms with E-state index in [0.717, 1.165) is 31.2 Å². The molecule has 5 heteroatoms. The van der Waals surface area contributed by atoms with Crippen molar-refractivity contribution in [2.24, 2.45) is 0 Å². The molecule has 0 aliphatic heterocycles. The summed E-state index contributed by atoms with van der Waals surface area (Å²) in [6.45, 7) is 0.927. The molecule has 0 spiro atoms. The third kappa shape index (κ3) is 4.40. The number of halogens is 1. The Morgan fingerprint density at radius 1 is 1.08 bits per heavy atom. The minimum Gasteiger partial charge on any atom is -0.355 e. The molecule has 26 heavy (non-hydrogen) atoms. The first-order valence-corrected chi connectivity index (χ1v) is 9.27. The van der Waals surface area contributed by atoms with E-state index >= 15 is 0 Å². The predicted octanol–water partition coefficient (Wildman–Crippen LogP) is 3.40. The van der Waals surface area contributed by atoms with Crippen LogP contribution in [0.4, 0.5) is 4.39 Å². The highest BCUT2D eigenvalue weighted by molar-refractivity contribution is 5.76. The van der Waals surface area contributed by atoms with Crippen molar-refractivity contribution in [2.45, 2.75) is 50.5 Å². The molecule has 1 saturated carbocycles. The van der Waals surface area contributed by atoms with Crippen molar-refractivity contribution in [2.75, 3.05) is 6.54 Å². The van der Waals surface area contributed by atoms with Gasteiger partial charge in [0.25, 0.3) is 5.56 Å². The number of aryl methyl sites for hydroxylation is 1. The van der Waals surface area contributed by atoms with Crippen LogP contribution >= 0.6 is 0 Å². The van der Waals surface area contributed by atoms with E-state index in [-0.39, 0.29) is 29.1 Å². The van der Waals surface area contributed by atoms with E-state index in [2.05, 4.69) is 5.32 Å². The topological polar surface area (TPSA) is 51.1 Å². The van der Waals surface area contributed by atoms with Crippen LogP contribution in [-0.4, -0.2) is 17.0 Å². The normalized spacial score (nSPS) is 16.2. The van der Waals surface area contributed by atoms with Crippen molar-refractivity contribution >= 4 is 5.91 Å². The number of rotatable bonds is 6. The fraction of sp³-hybridized carbons (Fsp3) is 0.429. The largest absolute Gasteiger partial charge is 0.355 e. The van der Waals surface area contributed by atoms with Crippen LogP contribution in [0.1, 0.15) is 44.1 Å². The number of hydrogen-bond acceptors (Lipinski definition) is 2. The Hall–Kier alpha value is -2.43. The highest BCUT2D eigenvalue weighted by Crippen LogP contribution is 2.39. The van der Waals surface area contributed by atoms with E-state index in [4.69, 9.17) is 0 Å². The number of nitrogens with zero attached hydrogens (tertiary/aromatic N) is 1. The molecule has 0 bridgehead atoms. The molecule has 1 heterocycles. The Morgan fingerprint density at radius 2 is 1.81 bits per heavy atom. The third-order valence-corrected chi connectivity index (χ3v) is 5.37. The van der Waals surface area contributed by atoms with Gasteiger partial charge in [0.1, 0.15) is 5.82 Å². The van der Waals surface area contributed by atoms with E-state index < -0.39 is 0 Å². The number of carbonyl (C=O) groups excluding carboxylic acids is 1. The number of amides is 1. The molecule has 138 valence electrons. The van der Waals surface area contributed by atoms with Crippen molar-refractivity contribution in [3.63, 3.8) is 0 Å². The predicted molar refractivity (Wildman–Crippen MR) is 99.5 cm³/mol. The van der Waals surface area contributed by atoms with Crippen LogP contribution in [-0.2, 0) is 16.8 Å². The van der Waals surface area contributed by atoms with Gasteiger partial charge in [0.2, 0.25) is 5.91 Å². The lowest BCUT2D eigenvalue weighted by Crippen LogP contribution is -2.42. The standard InChI is InChI=1S/C21H25FN2O2/c22-18-9-7-17(8-10-18)21(12-3-1-4-13-21)16-23-19(25)11-15-24-14-5-2-6-20(24)26/h2,5-10,14H,1,3-4,11-13,15-16H2,(H,23,25). The van der Waals surface area contributed by atoms with Crippen LogP contribution in [0.2, 0.25) is 0 Å². The highest BCUT2D eigenvalue weighted by Gasteiger charge is 2.34. The molecule has 3 rings (SSSR count). The number of aromatic nitrogens is 1. The molecular weight excluding hydrogens is 331 g/mol. The number of pyridine rings is 1. The lowest BCUT2D eigenvalue weighted by molar-refractivity contribution is -0.121. The molecule has 1 amide bonds. The molecule has 0 unspecified atom stereocenters. The van der Waals surface area contributed by atoms with Gasteiger partial charge in [-0.2, -0.15) is 0 Å². The third-order valence-electron chi connectivity index (χ3n) is 5.37. The van der Waals surface area contributed by atoms with Crippen LogP contribution in [0.5, 0.6) is 0 Å². The molecule has 1 aromatic heterocycles. The number of hydrogen-bond donors (Lipinski definition) is 1. The van der Waals surface area contributed by atoms with Crippen LogP contribution in [0.25, 0.3) is 0 Å². The van der Waals surface area contributed by atoms with Crippen molar-refractivity contribution in [1.29, 1.82) is 0 Å². The van der Waals surface area contributed by atoms with Gasteiger partial charge in [-0.3, -0.25) is 9.59 Å². The summed E-state index contributed by atoms with van der Waals surface area (Å²) in [7, 11) is 0. The Morgan fingerprint density at radius 3 is 2.50 bits per heavy atom. The lowest BCUT2D eigenvalue weighted by atomic mass is 9.69. The molecular formula is C21H25FN2O2. The summed E-state index contributed by atoms with van der Waals surface area (Å²) in [5, 5.41) is 3.05. The Balaban J connectivity index is 1.62. The summed E-state index contributed by atoms with van der Waals surface area (Å²) in [6.07, 6.45) is 7.39. The Labute approximate surface area is 153 Å². The molecule has 1 fully saturated rings.